The van der Waals surface area contributed by atoms with Crippen molar-refractivity contribution in [3.8, 4) is 0 Å². The quantitative estimate of drug-likeness (QED) is 0.135. The van der Waals surface area contributed by atoms with Crippen molar-refractivity contribution in [2.75, 3.05) is 43.6 Å². The van der Waals surface area contributed by atoms with Crippen molar-refractivity contribution in [1.82, 2.24) is 4.90 Å². The summed E-state index contributed by atoms with van der Waals surface area (Å²) in [5.41, 5.74) is -0.715. The van der Waals surface area contributed by atoms with Crippen LogP contribution < -0.4 is 5.32 Å². The van der Waals surface area contributed by atoms with E-state index < -0.39 is 34.3 Å². The van der Waals surface area contributed by atoms with Crippen LogP contribution in [-0.4, -0.2) is 49.1 Å². The van der Waals surface area contributed by atoms with E-state index in [2.05, 4.69) is 22.5 Å². The molecular weight excluding hydrogens is 650 g/mol. The number of amides is 1. The lowest BCUT2D eigenvalue weighted by Gasteiger charge is -2.42. The fourth-order valence-corrected chi connectivity index (χ4v) is 7.69. The molecule has 0 bridgehead atoms. The molecule has 1 N–H and O–H groups in total. The number of thioether (sulfide) groups is 1. The van der Waals surface area contributed by atoms with Crippen LogP contribution >= 0.6 is 11.8 Å². The third-order valence-electron chi connectivity index (χ3n) is 9.90. The first-order valence-corrected chi connectivity index (χ1v) is 17.8. The predicted octanol–water partition coefficient (Wildman–Crippen LogP) is 9.48. The molecule has 5 rings (SSSR count). The number of carbonyl (C=O) groups is 1. The largest absolute Gasteiger partial charge is 0.416 e. The Labute approximate surface area is 282 Å². The van der Waals surface area contributed by atoms with Gasteiger partial charge in [0.1, 0.15) is 0 Å². The molecule has 0 radical (unpaired) electrons. The highest BCUT2D eigenvalue weighted by Gasteiger charge is 2.45. The van der Waals surface area contributed by atoms with E-state index in [0.717, 1.165) is 99.3 Å². The molecule has 260 valence electrons. The zero-order valence-electron chi connectivity index (χ0n) is 27.1. The number of nitrogens with one attached hydrogen (secondary N) is 1. The number of likely N-dealkylation sites (tertiary alicyclic amines) is 1. The van der Waals surface area contributed by atoms with E-state index >= 15 is 0 Å². The van der Waals surface area contributed by atoms with Gasteiger partial charge >= 0.3 is 12.4 Å². The second-order valence-corrected chi connectivity index (χ2v) is 14.0. The molecule has 11 heteroatoms. The number of nitrogens with zero attached hydrogens (tertiary/aromatic N) is 1. The molecule has 2 aliphatic heterocycles. The molecule has 1 amide bonds. The molecule has 3 aromatic carbocycles. The summed E-state index contributed by atoms with van der Waals surface area (Å²) in [4.78, 5) is 15.7. The summed E-state index contributed by atoms with van der Waals surface area (Å²) in [5.74, 6) is 1.10. The van der Waals surface area contributed by atoms with Crippen molar-refractivity contribution in [2.24, 2.45) is 0 Å². The Morgan fingerprint density at radius 2 is 1.46 bits per heavy atom. The SMILES string of the molecule is CSCCCC1(CCCCN2CCC(COCc3cc(C(F)(F)F)cc(C(F)(F)F)c3)(c3ccccc3)CC2)C(=O)Nc2ccccc21. The Morgan fingerprint density at radius 3 is 2.10 bits per heavy atom. The first-order chi connectivity index (χ1) is 22.9. The first-order valence-electron chi connectivity index (χ1n) is 16.4. The minimum Gasteiger partial charge on any atom is -0.376 e. The lowest BCUT2D eigenvalue weighted by Crippen LogP contribution is -2.45. The number of piperidine rings is 1. The molecule has 3 aromatic rings. The van der Waals surface area contributed by atoms with Gasteiger partial charge in [0.15, 0.2) is 0 Å². The summed E-state index contributed by atoms with van der Waals surface area (Å²) in [6.07, 6.45) is -1.85. The van der Waals surface area contributed by atoms with Crippen molar-refractivity contribution in [1.29, 1.82) is 0 Å². The zero-order chi connectivity index (χ0) is 34.4. The van der Waals surface area contributed by atoms with Crippen LogP contribution in [0.15, 0.2) is 72.8 Å². The standard InChI is InChI=1S/C37H42F6N2O2S/c1-48-21-9-15-35(31-12-5-6-13-32(31)44-33(35)46)14-7-8-18-45-19-16-34(17-20-45,28-10-3-2-4-11-28)26-47-25-27-22-29(36(38,39)40)24-30(23-27)37(41,42)43/h2-6,10-13,22-24H,7-9,14-21,25-26H2,1H3,(H,44,46). The van der Waals surface area contributed by atoms with E-state index in [4.69, 9.17) is 4.74 Å². The van der Waals surface area contributed by atoms with E-state index in [9.17, 15) is 31.1 Å². The first kappa shape index (κ1) is 36.3. The maximum absolute atomic E-state index is 13.4. The van der Waals surface area contributed by atoms with Gasteiger partial charge in [-0.15, -0.1) is 0 Å². The summed E-state index contributed by atoms with van der Waals surface area (Å²) in [7, 11) is 0. The number of unbranched alkanes of at least 4 members (excludes halogenated alkanes) is 1. The van der Waals surface area contributed by atoms with Crippen LogP contribution in [-0.2, 0) is 39.3 Å². The lowest BCUT2D eigenvalue weighted by molar-refractivity contribution is -0.143. The number of para-hydroxylation sites is 1. The van der Waals surface area contributed by atoms with Crippen LogP contribution in [0, 0.1) is 0 Å². The molecule has 0 aromatic heterocycles. The number of carbonyl (C=O) groups excluding carboxylic acids is 1. The van der Waals surface area contributed by atoms with Gasteiger partial charge in [0.2, 0.25) is 5.91 Å². The summed E-state index contributed by atoms with van der Waals surface area (Å²) in [5, 5.41) is 3.11. The maximum atomic E-state index is 13.4. The number of benzene rings is 3. The van der Waals surface area contributed by atoms with Crippen LogP contribution in [0.1, 0.15) is 72.8 Å². The van der Waals surface area contributed by atoms with Gasteiger partial charge in [0.05, 0.1) is 29.8 Å². The van der Waals surface area contributed by atoms with Crippen molar-refractivity contribution in [3.05, 3.63) is 101 Å². The highest BCUT2D eigenvalue weighted by Crippen LogP contribution is 2.45. The molecule has 0 spiro atoms. The minimum atomic E-state index is -4.91. The average Bonchev–Trinajstić information content (AvgIpc) is 3.34. The summed E-state index contributed by atoms with van der Waals surface area (Å²) in [6.45, 7) is 2.25. The molecule has 0 aliphatic carbocycles. The summed E-state index contributed by atoms with van der Waals surface area (Å²) in [6, 6.07) is 19.4. The molecule has 48 heavy (non-hydrogen) atoms. The number of halogens is 6. The van der Waals surface area contributed by atoms with Gasteiger partial charge < -0.3 is 15.0 Å². The van der Waals surface area contributed by atoms with E-state index in [1.807, 2.05) is 48.5 Å². The number of ether oxygens (including phenoxy) is 1. The molecule has 4 nitrogen and oxygen atoms in total. The molecular formula is C37H42F6N2O2S. The fraction of sp³-hybridized carbons (Fsp3) is 0.486. The molecule has 1 atom stereocenters. The van der Waals surface area contributed by atoms with Gasteiger partial charge in [-0.2, -0.15) is 38.1 Å². The van der Waals surface area contributed by atoms with Crippen LogP contribution in [0.4, 0.5) is 32.0 Å². The van der Waals surface area contributed by atoms with E-state index in [-0.39, 0.29) is 30.8 Å². The summed E-state index contributed by atoms with van der Waals surface area (Å²) < 4.78 is 86.2. The molecule has 1 fully saturated rings. The second kappa shape index (κ2) is 15.3. The Kier molecular flexibility index (Phi) is 11.5. The maximum Gasteiger partial charge on any atom is 0.416 e. The van der Waals surface area contributed by atoms with Crippen molar-refractivity contribution in [2.45, 2.75) is 74.7 Å². The van der Waals surface area contributed by atoms with Crippen molar-refractivity contribution >= 4 is 23.4 Å². The summed E-state index contributed by atoms with van der Waals surface area (Å²) >= 11 is 1.79. The number of anilines is 1. The monoisotopic (exact) mass is 692 g/mol. The smallest absolute Gasteiger partial charge is 0.376 e. The Hall–Kier alpha value is -3.02. The number of hydrogen-bond acceptors (Lipinski definition) is 4. The van der Waals surface area contributed by atoms with Gasteiger partial charge in [-0.25, -0.2) is 0 Å². The number of alkyl halides is 6. The second-order valence-electron chi connectivity index (χ2n) is 13.0. The molecule has 1 unspecified atom stereocenters. The van der Waals surface area contributed by atoms with Crippen LogP contribution in [0.25, 0.3) is 0 Å². The lowest BCUT2D eigenvalue weighted by atomic mass is 9.73. The fourth-order valence-electron chi connectivity index (χ4n) is 7.26. The topological polar surface area (TPSA) is 41.6 Å². The average molecular weight is 693 g/mol. The van der Waals surface area contributed by atoms with Gasteiger partial charge in [-0.3, -0.25) is 4.79 Å². The molecule has 1 saturated heterocycles. The number of hydrogen-bond donors (Lipinski definition) is 1. The van der Waals surface area contributed by atoms with Crippen LogP contribution in [0.2, 0.25) is 0 Å². The van der Waals surface area contributed by atoms with Crippen molar-refractivity contribution in [3.63, 3.8) is 0 Å². The van der Waals surface area contributed by atoms with Gasteiger partial charge in [0, 0.05) is 11.1 Å². The molecule has 0 saturated carbocycles. The molecule has 2 aliphatic rings. The normalized spacial score (nSPS) is 19.7. The number of rotatable bonds is 14. The van der Waals surface area contributed by atoms with E-state index in [1.165, 1.54) is 0 Å². The highest BCUT2D eigenvalue weighted by molar-refractivity contribution is 7.98. The third-order valence-corrected chi connectivity index (χ3v) is 10.6. The Balaban J connectivity index is 1.20. The molecule has 2 heterocycles. The van der Waals surface area contributed by atoms with E-state index in [0.29, 0.717) is 0 Å². The van der Waals surface area contributed by atoms with Crippen LogP contribution in [0.3, 0.4) is 0 Å². The van der Waals surface area contributed by atoms with Gasteiger partial charge in [-0.05, 0) is 111 Å². The van der Waals surface area contributed by atoms with Crippen molar-refractivity contribution < 1.29 is 35.9 Å². The van der Waals surface area contributed by atoms with Gasteiger partial charge in [0.25, 0.3) is 0 Å². The predicted molar refractivity (Wildman–Crippen MR) is 178 cm³/mol. The third kappa shape index (κ3) is 8.40. The minimum absolute atomic E-state index is 0.0928. The zero-order valence-corrected chi connectivity index (χ0v) is 27.9. The Morgan fingerprint density at radius 1 is 0.833 bits per heavy atom. The van der Waals surface area contributed by atoms with Gasteiger partial charge in [-0.1, -0.05) is 55.0 Å². The van der Waals surface area contributed by atoms with Crippen LogP contribution in [0.5, 0.6) is 0 Å². The highest BCUT2D eigenvalue weighted by atomic mass is 32.2. The Bertz CT molecular complexity index is 1490. The number of fused-ring (bicyclic) bond motifs is 1. The van der Waals surface area contributed by atoms with E-state index in [1.54, 1.807) is 11.8 Å².